The monoisotopic (exact) mass is 398 g/mol. The second-order valence-corrected chi connectivity index (χ2v) is 7.30. The largest absolute Gasteiger partial charge is 0.478 e. The third kappa shape index (κ3) is 5.43. The third-order valence-electron chi connectivity index (χ3n) is 5.32. The van der Waals surface area contributed by atoms with Crippen molar-refractivity contribution in [3.8, 4) is 0 Å². The minimum atomic E-state index is -0.997. The molecule has 2 heterocycles. The first-order valence-electron chi connectivity index (χ1n) is 9.78. The molecule has 29 heavy (non-hydrogen) atoms. The second-order valence-electron chi connectivity index (χ2n) is 7.30. The first kappa shape index (κ1) is 20.6. The number of amides is 2. The summed E-state index contributed by atoms with van der Waals surface area (Å²) >= 11 is 0. The van der Waals surface area contributed by atoms with Crippen LogP contribution in [-0.4, -0.2) is 68.6 Å². The summed E-state index contributed by atoms with van der Waals surface area (Å²) in [5.74, 6) is -1.16. The van der Waals surface area contributed by atoms with Crippen molar-refractivity contribution in [1.82, 2.24) is 19.6 Å². The number of aromatic carboxylic acids is 1. The van der Waals surface area contributed by atoms with E-state index in [0.717, 1.165) is 5.56 Å². The van der Waals surface area contributed by atoms with Crippen LogP contribution in [0.5, 0.6) is 0 Å². The molecule has 1 aliphatic rings. The van der Waals surface area contributed by atoms with Gasteiger partial charge in [-0.3, -0.25) is 14.3 Å². The molecule has 8 heteroatoms. The molecule has 0 bridgehead atoms. The quantitative estimate of drug-likeness (QED) is 0.768. The summed E-state index contributed by atoms with van der Waals surface area (Å²) in [4.78, 5) is 39.0. The number of carbonyl (C=O) groups is 3. The molecule has 1 fully saturated rings. The Kier molecular flexibility index (Phi) is 6.64. The lowest BCUT2D eigenvalue weighted by Gasteiger charge is -2.33. The Morgan fingerprint density at radius 1 is 1.17 bits per heavy atom. The Hall–Kier alpha value is -3.16. The number of carbonyl (C=O) groups excluding carboxylic acids is 2. The molecular formula is C21H26N4O4. The van der Waals surface area contributed by atoms with Crippen molar-refractivity contribution in [2.45, 2.75) is 32.2 Å². The zero-order valence-corrected chi connectivity index (χ0v) is 16.5. The molecule has 0 radical (unpaired) electrons. The summed E-state index contributed by atoms with van der Waals surface area (Å²) in [6.07, 6.45) is 5.00. The lowest BCUT2D eigenvalue weighted by molar-refractivity contribution is -0.140. The highest BCUT2D eigenvalue weighted by Crippen LogP contribution is 2.22. The molecule has 1 saturated heterocycles. The van der Waals surface area contributed by atoms with E-state index in [4.69, 9.17) is 5.11 Å². The fourth-order valence-electron chi connectivity index (χ4n) is 3.55. The molecule has 0 spiro atoms. The molecule has 3 rings (SSSR count). The van der Waals surface area contributed by atoms with Gasteiger partial charge in [-0.25, -0.2) is 4.79 Å². The highest BCUT2D eigenvalue weighted by Gasteiger charge is 2.26. The fourth-order valence-corrected chi connectivity index (χ4v) is 3.55. The van der Waals surface area contributed by atoms with Crippen molar-refractivity contribution < 1.29 is 19.5 Å². The number of aromatic nitrogens is 2. The number of hydrogen-bond acceptors (Lipinski definition) is 4. The molecule has 1 aromatic carbocycles. The molecule has 154 valence electrons. The third-order valence-corrected chi connectivity index (χ3v) is 5.32. The molecule has 2 amide bonds. The predicted octanol–water partition coefficient (Wildman–Crippen LogP) is 1.84. The smallest absolute Gasteiger partial charge is 0.338 e. The molecule has 0 aliphatic carbocycles. The van der Waals surface area contributed by atoms with Gasteiger partial charge in [-0.15, -0.1) is 0 Å². The molecule has 1 aliphatic heterocycles. The van der Waals surface area contributed by atoms with Crippen LogP contribution in [0, 0.1) is 0 Å². The topological polar surface area (TPSA) is 95.7 Å². The Bertz CT molecular complexity index is 857. The highest BCUT2D eigenvalue weighted by molar-refractivity contribution is 5.86. The SMILES string of the molecule is CC(=O)N(CCc1ccccc1)CC(=O)N1CCC(n2cc(C(=O)O)cn2)CC1. The number of nitrogens with zero attached hydrogens (tertiary/aromatic N) is 4. The van der Waals surface area contributed by atoms with E-state index >= 15 is 0 Å². The maximum Gasteiger partial charge on any atom is 0.338 e. The van der Waals surface area contributed by atoms with Crippen LogP contribution in [0.25, 0.3) is 0 Å². The van der Waals surface area contributed by atoms with Crippen molar-refractivity contribution in [2.75, 3.05) is 26.2 Å². The van der Waals surface area contributed by atoms with Crippen molar-refractivity contribution in [1.29, 1.82) is 0 Å². The number of benzene rings is 1. The van der Waals surface area contributed by atoms with Gasteiger partial charge in [0.15, 0.2) is 0 Å². The predicted molar refractivity (Wildman–Crippen MR) is 106 cm³/mol. The molecule has 1 aromatic heterocycles. The van der Waals surface area contributed by atoms with E-state index in [0.29, 0.717) is 38.9 Å². The number of piperidine rings is 1. The van der Waals surface area contributed by atoms with Crippen molar-refractivity contribution in [3.05, 3.63) is 53.9 Å². The van der Waals surface area contributed by atoms with Crippen LogP contribution in [0.4, 0.5) is 0 Å². The fraction of sp³-hybridized carbons (Fsp3) is 0.429. The van der Waals surface area contributed by atoms with Crippen LogP contribution in [-0.2, 0) is 16.0 Å². The van der Waals surface area contributed by atoms with Crippen LogP contribution in [0.1, 0.15) is 41.7 Å². The van der Waals surface area contributed by atoms with Gasteiger partial charge in [0.2, 0.25) is 11.8 Å². The van der Waals surface area contributed by atoms with Gasteiger partial charge < -0.3 is 14.9 Å². The Morgan fingerprint density at radius 3 is 2.45 bits per heavy atom. The normalized spacial score (nSPS) is 14.6. The summed E-state index contributed by atoms with van der Waals surface area (Å²) in [5.41, 5.74) is 1.30. The molecule has 0 saturated carbocycles. The van der Waals surface area contributed by atoms with Gasteiger partial charge in [0, 0.05) is 32.8 Å². The Balaban J connectivity index is 1.50. The molecule has 2 aromatic rings. The molecule has 0 unspecified atom stereocenters. The van der Waals surface area contributed by atoms with Crippen molar-refractivity contribution in [2.24, 2.45) is 0 Å². The van der Waals surface area contributed by atoms with E-state index in [9.17, 15) is 14.4 Å². The van der Waals surface area contributed by atoms with Gasteiger partial charge in [0.25, 0.3) is 0 Å². The van der Waals surface area contributed by atoms with Crippen molar-refractivity contribution in [3.63, 3.8) is 0 Å². The van der Waals surface area contributed by atoms with E-state index in [1.54, 1.807) is 14.5 Å². The average Bonchev–Trinajstić information content (AvgIpc) is 3.22. The van der Waals surface area contributed by atoms with Crippen LogP contribution in [0.3, 0.4) is 0 Å². The van der Waals surface area contributed by atoms with Crippen molar-refractivity contribution >= 4 is 17.8 Å². The van der Waals surface area contributed by atoms with Gasteiger partial charge >= 0.3 is 5.97 Å². The van der Waals surface area contributed by atoms with Gasteiger partial charge in [-0.1, -0.05) is 30.3 Å². The highest BCUT2D eigenvalue weighted by atomic mass is 16.4. The minimum absolute atomic E-state index is 0.0570. The zero-order chi connectivity index (χ0) is 20.8. The Morgan fingerprint density at radius 2 is 1.86 bits per heavy atom. The average molecular weight is 398 g/mol. The van der Waals surface area contributed by atoms with Crippen LogP contribution < -0.4 is 0 Å². The van der Waals surface area contributed by atoms with E-state index in [2.05, 4.69) is 5.10 Å². The van der Waals surface area contributed by atoms with E-state index in [-0.39, 0.29) is 30.0 Å². The lowest BCUT2D eigenvalue weighted by atomic mass is 10.1. The molecule has 0 atom stereocenters. The van der Waals surface area contributed by atoms with Gasteiger partial charge in [-0.2, -0.15) is 5.10 Å². The summed E-state index contributed by atoms with van der Waals surface area (Å²) in [6, 6.07) is 9.97. The molecule has 8 nitrogen and oxygen atoms in total. The van der Waals surface area contributed by atoms with Gasteiger partial charge in [-0.05, 0) is 24.8 Å². The standard InChI is InChI=1S/C21H26N4O4/c1-16(26)24(10-7-17-5-3-2-4-6-17)15-20(27)23-11-8-19(9-12-23)25-14-18(13-22-25)21(28)29/h2-6,13-14,19H,7-12,15H2,1H3,(H,28,29). The van der Waals surface area contributed by atoms with Crippen LogP contribution in [0.2, 0.25) is 0 Å². The van der Waals surface area contributed by atoms with E-state index in [1.807, 2.05) is 30.3 Å². The first-order chi connectivity index (χ1) is 13.9. The first-order valence-corrected chi connectivity index (χ1v) is 9.78. The number of carboxylic acids is 1. The van der Waals surface area contributed by atoms with E-state index in [1.165, 1.54) is 19.3 Å². The molecular weight excluding hydrogens is 372 g/mol. The summed E-state index contributed by atoms with van der Waals surface area (Å²) in [5, 5.41) is 13.2. The lowest BCUT2D eigenvalue weighted by Crippen LogP contribution is -2.46. The maximum atomic E-state index is 12.7. The zero-order valence-electron chi connectivity index (χ0n) is 16.5. The summed E-state index contributed by atoms with van der Waals surface area (Å²) in [7, 11) is 0. The number of rotatable bonds is 7. The minimum Gasteiger partial charge on any atom is -0.478 e. The number of carboxylic acid groups (broad SMARTS) is 1. The van der Waals surface area contributed by atoms with Crippen LogP contribution in [0.15, 0.2) is 42.7 Å². The Labute approximate surface area is 169 Å². The van der Waals surface area contributed by atoms with Gasteiger partial charge in [0.1, 0.15) is 0 Å². The summed E-state index contributed by atoms with van der Waals surface area (Å²) < 4.78 is 1.67. The van der Waals surface area contributed by atoms with Crippen LogP contribution >= 0.6 is 0 Å². The summed E-state index contributed by atoms with van der Waals surface area (Å²) in [6.45, 7) is 3.21. The van der Waals surface area contributed by atoms with Gasteiger partial charge in [0.05, 0.1) is 24.3 Å². The number of likely N-dealkylation sites (tertiary alicyclic amines) is 1. The van der Waals surface area contributed by atoms with E-state index < -0.39 is 5.97 Å². The second kappa shape index (κ2) is 9.36. The number of hydrogen-bond donors (Lipinski definition) is 1. The molecule has 1 N–H and O–H groups in total. The maximum absolute atomic E-state index is 12.7.